The smallest absolute Gasteiger partial charge is 0.225 e. The fourth-order valence-corrected chi connectivity index (χ4v) is 3.87. The average Bonchev–Trinajstić information content (AvgIpc) is 3.03. The SMILES string of the molecule is O=C(CC1(Cn2cnnn2)CCCCC1)Nc1ccc(Cl)cc1Cl. The van der Waals surface area contributed by atoms with Crippen LogP contribution in [0.15, 0.2) is 24.5 Å². The minimum Gasteiger partial charge on any atom is -0.325 e. The second-order valence-electron chi connectivity index (χ2n) is 6.42. The number of aromatic nitrogens is 4. The van der Waals surface area contributed by atoms with Gasteiger partial charge in [-0.15, -0.1) is 5.10 Å². The summed E-state index contributed by atoms with van der Waals surface area (Å²) in [5.41, 5.74) is 0.468. The number of benzene rings is 1. The van der Waals surface area contributed by atoms with Gasteiger partial charge in [0.15, 0.2) is 0 Å². The maximum Gasteiger partial charge on any atom is 0.225 e. The lowest BCUT2D eigenvalue weighted by molar-refractivity contribution is -0.119. The first-order valence-corrected chi connectivity index (χ1v) is 8.78. The molecular formula is C16H19Cl2N5O. The van der Waals surface area contributed by atoms with Crippen LogP contribution in [0.4, 0.5) is 5.69 Å². The van der Waals surface area contributed by atoms with Crippen LogP contribution < -0.4 is 5.32 Å². The predicted octanol–water partition coefficient (Wildman–Crippen LogP) is 3.96. The molecule has 0 bridgehead atoms. The van der Waals surface area contributed by atoms with Gasteiger partial charge in [0.1, 0.15) is 6.33 Å². The first-order chi connectivity index (χ1) is 11.6. The van der Waals surface area contributed by atoms with Crippen molar-refractivity contribution in [3.63, 3.8) is 0 Å². The van der Waals surface area contributed by atoms with Crippen LogP contribution in [0.5, 0.6) is 0 Å². The fourth-order valence-electron chi connectivity index (χ4n) is 3.41. The van der Waals surface area contributed by atoms with Gasteiger partial charge in [-0.3, -0.25) is 4.79 Å². The Morgan fingerprint density at radius 1 is 1.25 bits per heavy atom. The van der Waals surface area contributed by atoms with Crippen LogP contribution in [0.2, 0.25) is 10.0 Å². The van der Waals surface area contributed by atoms with Crippen LogP contribution in [0.25, 0.3) is 0 Å². The highest BCUT2D eigenvalue weighted by Crippen LogP contribution is 2.41. The highest BCUT2D eigenvalue weighted by Gasteiger charge is 2.35. The lowest BCUT2D eigenvalue weighted by Gasteiger charge is -2.36. The van der Waals surface area contributed by atoms with Gasteiger partial charge in [0.25, 0.3) is 0 Å². The van der Waals surface area contributed by atoms with Crippen molar-refractivity contribution >= 4 is 34.8 Å². The van der Waals surface area contributed by atoms with Crippen LogP contribution in [0.1, 0.15) is 38.5 Å². The molecule has 1 N–H and O–H groups in total. The fraction of sp³-hybridized carbons (Fsp3) is 0.500. The lowest BCUT2D eigenvalue weighted by atomic mass is 9.71. The molecule has 3 rings (SSSR count). The summed E-state index contributed by atoms with van der Waals surface area (Å²) in [6.45, 7) is 0.655. The number of carbonyl (C=O) groups excluding carboxylic acids is 1. The summed E-state index contributed by atoms with van der Waals surface area (Å²) in [6, 6.07) is 5.05. The standard InChI is InChI=1S/C16H19Cl2N5O/c17-12-4-5-14(13(18)8-12)20-15(24)9-16(6-2-1-3-7-16)10-23-11-19-21-22-23/h4-5,8,11H,1-3,6-7,9-10H2,(H,20,24). The highest BCUT2D eigenvalue weighted by molar-refractivity contribution is 6.36. The number of nitrogens with one attached hydrogen (secondary N) is 1. The van der Waals surface area contributed by atoms with Crippen molar-refractivity contribution in [3.8, 4) is 0 Å². The molecule has 1 aromatic heterocycles. The van der Waals surface area contributed by atoms with Crippen LogP contribution in [-0.2, 0) is 11.3 Å². The second-order valence-corrected chi connectivity index (χ2v) is 7.26. The number of anilines is 1. The van der Waals surface area contributed by atoms with E-state index in [1.807, 2.05) is 0 Å². The van der Waals surface area contributed by atoms with Crippen LogP contribution >= 0.6 is 23.2 Å². The first-order valence-electron chi connectivity index (χ1n) is 8.02. The molecule has 1 aromatic carbocycles. The van der Waals surface area contributed by atoms with Gasteiger partial charge in [-0.2, -0.15) is 0 Å². The van der Waals surface area contributed by atoms with E-state index in [-0.39, 0.29) is 11.3 Å². The van der Waals surface area contributed by atoms with E-state index in [1.54, 1.807) is 29.2 Å². The number of carbonyl (C=O) groups is 1. The average molecular weight is 368 g/mol. The van der Waals surface area contributed by atoms with Crippen molar-refractivity contribution in [3.05, 3.63) is 34.6 Å². The van der Waals surface area contributed by atoms with E-state index in [4.69, 9.17) is 23.2 Å². The van der Waals surface area contributed by atoms with E-state index >= 15 is 0 Å². The molecule has 0 aliphatic heterocycles. The number of hydrogen-bond acceptors (Lipinski definition) is 4. The van der Waals surface area contributed by atoms with E-state index in [1.165, 1.54) is 6.42 Å². The Balaban J connectivity index is 1.71. The summed E-state index contributed by atoms with van der Waals surface area (Å²) >= 11 is 12.0. The topological polar surface area (TPSA) is 72.7 Å². The Kier molecular flexibility index (Phi) is 5.36. The van der Waals surface area contributed by atoms with Crippen molar-refractivity contribution in [1.29, 1.82) is 0 Å². The molecule has 0 spiro atoms. The summed E-state index contributed by atoms with van der Waals surface area (Å²) in [7, 11) is 0. The van der Waals surface area contributed by atoms with E-state index < -0.39 is 0 Å². The van der Waals surface area contributed by atoms with Gasteiger partial charge in [0.2, 0.25) is 5.91 Å². The molecule has 8 heteroatoms. The molecule has 0 saturated heterocycles. The summed E-state index contributed by atoms with van der Waals surface area (Å²) in [6.07, 6.45) is 7.47. The van der Waals surface area contributed by atoms with Gasteiger partial charge >= 0.3 is 0 Å². The van der Waals surface area contributed by atoms with Gasteiger partial charge in [0.05, 0.1) is 17.3 Å². The van der Waals surface area contributed by atoms with Crippen LogP contribution in [0.3, 0.4) is 0 Å². The number of amides is 1. The zero-order chi connectivity index (χ0) is 17.0. The van der Waals surface area contributed by atoms with Crippen molar-refractivity contribution < 1.29 is 4.79 Å². The van der Waals surface area contributed by atoms with Crippen molar-refractivity contribution in [2.24, 2.45) is 5.41 Å². The molecule has 1 amide bonds. The molecule has 1 fully saturated rings. The minimum absolute atomic E-state index is 0.0470. The molecule has 128 valence electrons. The number of rotatable bonds is 5. The number of halogens is 2. The molecule has 1 saturated carbocycles. The maximum absolute atomic E-state index is 12.6. The van der Waals surface area contributed by atoms with E-state index in [0.717, 1.165) is 25.7 Å². The second kappa shape index (κ2) is 7.49. The molecule has 6 nitrogen and oxygen atoms in total. The van der Waals surface area contributed by atoms with Gasteiger partial charge in [-0.25, -0.2) is 4.68 Å². The van der Waals surface area contributed by atoms with Gasteiger partial charge in [-0.05, 0) is 46.9 Å². The monoisotopic (exact) mass is 367 g/mol. The molecule has 1 heterocycles. The number of hydrogen-bond donors (Lipinski definition) is 1. The highest BCUT2D eigenvalue weighted by atomic mass is 35.5. The Bertz CT molecular complexity index is 698. The predicted molar refractivity (Wildman–Crippen MR) is 93.0 cm³/mol. The third-order valence-electron chi connectivity index (χ3n) is 4.54. The summed E-state index contributed by atoms with van der Waals surface area (Å²) in [5, 5.41) is 15.2. The van der Waals surface area contributed by atoms with Crippen molar-refractivity contribution in [2.45, 2.75) is 45.1 Å². The van der Waals surface area contributed by atoms with Crippen molar-refractivity contribution in [2.75, 3.05) is 5.32 Å². The molecule has 1 aliphatic rings. The lowest BCUT2D eigenvalue weighted by Crippen LogP contribution is -2.34. The van der Waals surface area contributed by atoms with Crippen LogP contribution in [0, 0.1) is 5.41 Å². The molecule has 0 atom stereocenters. The largest absolute Gasteiger partial charge is 0.325 e. The Morgan fingerprint density at radius 2 is 2.04 bits per heavy atom. The molecule has 1 aliphatic carbocycles. The van der Waals surface area contributed by atoms with Gasteiger partial charge in [-0.1, -0.05) is 42.5 Å². The summed E-state index contributed by atoms with van der Waals surface area (Å²) in [5.74, 6) is -0.0470. The van der Waals surface area contributed by atoms with Gasteiger partial charge < -0.3 is 5.32 Å². The van der Waals surface area contributed by atoms with Gasteiger partial charge in [0, 0.05) is 11.4 Å². The minimum atomic E-state index is -0.114. The third-order valence-corrected chi connectivity index (χ3v) is 5.09. The third kappa shape index (κ3) is 4.24. The number of tetrazole rings is 1. The van der Waals surface area contributed by atoms with E-state index in [0.29, 0.717) is 28.7 Å². The van der Waals surface area contributed by atoms with E-state index in [9.17, 15) is 4.79 Å². The van der Waals surface area contributed by atoms with Crippen LogP contribution in [-0.4, -0.2) is 26.1 Å². The molecule has 2 aromatic rings. The van der Waals surface area contributed by atoms with E-state index in [2.05, 4.69) is 20.8 Å². The number of nitrogens with zero attached hydrogens (tertiary/aromatic N) is 4. The molecule has 0 radical (unpaired) electrons. The molecule has 24 heavy (non-hydrogen) atoms. The Labute approximate surface area is 150 Å². The Morgan fingerprint density at radius 3 is 2.71 bits per heavy atom. The summed E-state index contributed by atoms with van der Waals surface area (Å²) in [4.78, 5) is 12.6. The first kappa shape index (κ1) is 17.2. The molecule has 0 unspecified atom stereocenters. The van der Waals surface area contributed by atoms with Crippen molar-refractivity contribution in [1.82, 2.24) is 20.2 Å². The zero-order valence-electron chi connectivity index (χ0n) is 13.2. The summed E-state index contributed by atoms with van der Waals surface area (Å²) < 4.78 is 1.72. The Hall–Kier alpha value is -1.66. The molecular weight excluding hydrogens is 349 g/mol. The zero-order valence-corrected chi connectivity index (χ0v) is 14.7. The quantitative estimate of drug-likeness (QED) is 0.867. The normalized spacial score (nSPS) is 16.8. The maximum atomic E-state index is 12.6.